The maximum absolute atomic E-state index is 12.9. The predicted molar refractivity (Wildman–Crippen MR) is 52.4 cm³/mol. The van der Waals surface area contributed by atoms with Crippen molar-refractivity contribution in [1.29, 1.82) is 0 Å². The summed E-state index contributed by atoms with van der Waals surface area (Å²) in [5.41, 5.74) is 4.66. The number of halogens is 1. The van der Waals surface area contributed by atoms with Gasteiger partial charge in [-0.3, -0.25) is 4.57 Å². The van der Waals surface area contributed by atoms with Gasteiger partial charge in [0.2, 0.25) is 0 Å². The van der Waals surface area contributed by atoms with Crippen molar-refractivity contribution in [3.8, 4) is 0 Å². The number of anilines is 1. The average molecular weight is 199 g/mol. The second kappa shape index (κ2) is 4.74. The lowest BCUT2D eigenvalue weighted by atomic mass is 10.2. The summed E-state index contributed by atoms with van der Waals surface area (Å²) in [4.78, 5) is 14.6. The van der Waals surface area contributed by atoms with E-state index in [2.05, 4.69) is 11.9 Å². The van der Waals surface area contributed by atoms with Crippen molar-refractivity contribution in [1.82, 2.24) is 9.55 Å². The number of unbranched alkanes of at least 4 members (excludes halogenated alkanes) is 2. The summed E-state index contributed by atoms with van der Waals surface area (Å²) >= 11 is 0. The third-order valence-electron chi connectivity index (χ3n) is 1.98. The zero-order chi connectivity index (χ0) is 10.6. The molecule has 0 fully saturated rings. The van der Waals surface area contributed by atoms with E-state index >= 15 is 0 Å². The molecule has 1 aromatic heterocycles. The van der Waals surface area contributed by atoms with Crippen molar-refractivity contribution in [2.24, 2.45) is 0 Å². The lowest BCUT2D eigenvalue weighted by molar-refractivity contribution is 0.539. The van der Waals surface area contributed by atoms with Crippen LogP contribution in [0.15, 0.2) is 11.0 Å². The molecular weight excluding hydrogens is 185 g/mol. The first-order valence-electron chi connectivity index (χ1n) is 4.67. The Morgan fingerprint density at radius 2 is 2.29 bits per heavy atom. The van der Waals surface area contributed by atoms with Gasteiger partial charge in [-0.2, -0.15) is 4.98 Å². The molecule has 0 saturated heterocycles. The quantitative estimate of drug-likeness (QED) is 0.740. The fourth-order valence-electron chi connectivity index (χ4n) is 1.17. The maximum atomic E-state index is 12.9. The molecule has 14 heavy (non-hydrogen) atoms. The Kier molecular flexibility index (Phi) is 3.62. The first-order chi connectivity index (χ1) is 6.65. The number of nitrogens with zero attached hydrogens (tertiary/aromatic N) is 2. The van der Waals surface area contributed by atoms with E-state index < -0.39 is 11.5 Å². The van der Waals surface area contributed by atoms with Gasteiger partial charge in [0.15, 0.2) is 11.6 Å². The van der Waals surface area contributed by atoms with E-state index in [0.29, 0.717) is 6.54 Å². The Morgan fingerprint density at radius 3 is 2.93 bits per heavy atom. The third kappa shape index (κ3) is 2.55. The summed E-state index contributed by atoms with van der Waals surface area (Å²) in [6.07, 6.45) is 4.03. The second-order valence-corrected chi connectivity index (χ2v) is 3.16. The van der Waals surface area contributed by atoms with Gasteiger partial charge in [-0.05, 0) is 6.42 Å². The van der Waals surface area contributed by atoms with Gasteiger partial charge in [0.1, 0.15) is 0 Å². The van der Waals surface area contributed by atoms with Crippen LogP contribution in [0, 0.1) is 5.82 Å². The molecule has 2 N–H and O–H groups in total. The molecular formula is C9H14FN3O. The number of aromatic nitrogens is 2. The Balaban J connectivity index is 2.77. The first kappa shape index (κ1) is 10.7. The van der Waals surface area contributed by atoms with Crippen LogP contribution < -0.4 is 11.4 Å². The second-order valence-electron chi connectivity index (χ2n) is 3.16. The van der Waals surface area contributed by atoms with E-state index in [1.165, 1.54) is 4.57 Å². The van der Waals surface area contributed by atoms with Crippen LogP contribution in [-0.2, 0) is 6.54 Å². The Morgan fingerprint density at radius 1 is 1.57 bits per heavy atom. The third-order valence-corrected chi connectivity index (χ3v) is 1.98. The Hall–Kier alpha value is -1.39. The van der Waals surface area contributed by atoms with Crippen LogP contribution in [0.1, 0.15) is 26.2 Å². The smallest absolute Gasteiger partial charge is 0.349 e. The van der Waals surface area contributed by atoms with Gasteiger partial charge in [0, 0.05) is 12.7 Å². The standard InChI is InChI=1S/C9H14FN3O/c1-2-3-4-5-13-6-7(10)8(11)12-9(13)14/h6H,2-5H2,1H3,(H2,11,12,14). The van der Waals surface area contributed by atoms with Crippen LogP contribution in [-0.4, -0.2) is 9.55 Å². The summed E-state index contributed by atoms with van der Waals surface area (Å²) in [5, 5.41) is 0. The lowest BCUT2D eigenvalue weighted by Gasteiger charge is -2.04. The lowest BCUT2D eigenvalue weighted by Crippen LogP contribution is -2.24. The Bertz CT molecular complexity index is 362. The minimum Gasteiger partial charge on any atom is -0.381 e. The molecule has 0 radical (unpaired) electrons. The van der Waals surface area contributed by atoms with Crippen molar-refractivity contribution >= 4 is 5.82 Å². The number of hydrogen-bond donors (Lipinski definition) is 1. The summed E-state index contributed by atoms with van der Waals surface area (Å²) < 4.78 is 14.2. The highest BCUT2D eigenvalue weighted by Gasteiger charge is 2.04. The van der Waals surface area contributed by atoms with Crippen molar-refractivity contribution in [2.75, 3.05) is 5.73 Å². The molecule has 0 saturated carbocycles. The summed E-state index contributed by atoms with van der Waals surface area (Å²) in [7, 11) is 0. The van der Waals surface area contributed by atoms with E-state index in [0.717, 1.165) is 25.5 Å². The predicted octanol–water partition coefficient (Wildman–Crippen LogP) is 1.15. The molecule has 0 aliphatic carbocycles. The number of nitrogens with two attached hydrogens (primary N) is 1. The van der Waals surface area contributed by atoms with Gasteiger partial charge in [-0.25, -0.2) is 9.18 Å². The molecule has 1 aromatic rings. The number of aryl methyl sites for hydroxylation is 1. The molecule has 1 heterocycles. The van der Waals surface area contributed by atoms with E-state index in [1.54, 1.807) is 0 Å². The maximum Gasteiger partial charge on any atom is 0.349 e. The van der Waals surface area contributed by atoms with Crippen molar-refractivity contribution < 1.29 is 4.39 Å². The zero-order valence-corrected chi connectivity index (χ0v) is 8.16. The average Bonchev–Trinajstić information content (AvgIpc) is 2.14. The molecule has 0 amide bonds. The van der Waals surface area contributed by atoms with Crippen molar-refractivity contribution in [2.45, 2.75) is 32.7 Å². The van der Waals surface area contributed by atoms with Crippen LogP contribution in [0.5, 0.6) is 0 Å². The molecule has 5 heteroatoms. The SMILES string of the molecule is CCCCCn1cc(F)c(N)nc1=O. The molecule has 0 spiro atoms. The molecule has 0 aliphatic heterocycles. The molecule has 0 unspecified atom stereocenters. The van der Waals surface area contributed by atoms with Gasteiger partial charge >= 0.3 is 5.69 Å². The monoisotopic (exact) mass is 199 g/mol. The van der Waals surface area contributed by atoms with Gasteiger partial charge in [0.25, 0.3) is 0 Å². The van der Waals surface area contributed by atoms with E-state index in [4.69, 9.17) is 5.73 Å². The molecule has 0 atom stereocenters. The minimum absolute atomic E-state index is 0.332. The number of hydrogen-bond acceptors (Lipinski definition) is 3. The largest absolute Gasteiger partial charge is 0.381 e. The molecule has 0 bridgehead atoms. The highest BCUT2D eigenvalue weighted by atomic mass is 19.1. The molecule has 0 aliphatic rings. The highest BCUT2D eigenvalue weighted by Crippen LogP contribution is 2.02. The van der Waals surface area contributed by atoms with Crippen molar-refractivity contribution in [3.05, 3.63) is 22.5 Å². The molecule has 4 nitrogen and oxygen atoms in total. The fourth-order valence-corrected chi connectivity index (χ4v) is 1.17. The fraction of sp³-hybridized carbons (Fsp3) is 0.556. The van der Waals surface area contributed by atoms with E-state index in [-0.39, 0.29) is 5.82 Å². The van der Waals surface area contributed by atoms with Gasteiger partial charge in [-0.1, -0.05) is 19.8 Å². The van der Waals surface area contributed by atoms with Gasteiger partial charge < -0.3 is 5.73 Å². The first-order valence-corrected chi connectivity index (χ1v) is 4.67. The van der Waals surface area contributed by atoms with Crippen molar-refractivity contribution in [3.63, 3.8) is 0 Å². The summed E-state index contributed by atoms with van der Waals surface area (Å²) in [5.74, 6) is -0.970. The van der Waals surface area contributed by atoms with Crippen LogP contribution in [0.4, 0.5) is 10.2 Å². The van der Waals surface area contributed by atoms with E-state index in [9.17, 15) is 9.18 Å². The molecule has 78 valence electrons. The highest BCUT2D eigenvalue weighted by molar-refractivity contribution is 5.26. The zero-order valence-electron chi connectivity index (χ0n) is 8.16. The number of nitrogen functional groups attached to an aromatic ring is 1. The Labute approximate surface area is 81.6 Å². The van der Waals surface area contributed by atoms with Crippen LogP contribution in [0.25, 0.3) is 0 Å². The molecule has 0 aromatic carbocycles. The molecule has 1 rings (SSSR count). The van der Waals surface area contributed by atoms with Crippen LogP contribution in [0.3, 0.4) is 0 Å². The van der Waals surface area contributed by atoms with Crippen LogP contribution in [0.2, 0.25) is 0 Å². The topological polar surface area (TPSA) is 60.9 Å². The van der Waals surface area contributed by atoms with Gasteiger partial charge in [-0.15, -0.1) is 0 Å². The summed E-state index contributed by atoms with van der Waals surface area (Å²) in [6, 6.07) is 0. The van der Waals surface area contributed by atoms with Gasteiger partial charge in [0.05, 0.1) is 0 Å². The normalized spacial score (nSPS) is 10.4. The number of rotatable bonds is 4. The van der Waals surface area contributed by atoms with E-state index in [1.807, 2.05) is 0 Å². The summed E-state index contributed by atoms with van der Waals surface area (Å²) in [6.45, 7) is 2.56. The van der Waals surface area contributed by atoms with Crippen LogP contribution >= 0.6 is 0 Å². The minimum atomic E-state index is -0.638.